The van der Waals surface area contributed by atoms with Crippen LogP contribution in [0, 0.1) is 5.92 Å². The van der Waals surface area contributed by atoms with Crippen molar-refractivity contribution < 1.29 is 4.74 Å². The van der Waals surface area contributed by atoms with Crippen molar-refractivity contribution in [3.8, 4) is 0 Å². The van der Waals surface area contributed by atoms with Crippen LogP contribution in [0.5, 0.6) is 0 Å². The first-order valence-corrected chi connectivity index (χ1v) is 7.78. The third-order valence-corrected chi connectivity index (χ3v) is 3.96. The zero-order chi connectivity index (χ0) is 13.7. The molecule has 0 saturated heterocycles. The third-order valence-electron chi connectivity index (χ3n) is 3.09. The van der Waals surface area contributed by atoms with Gasteiger partial charge in [-0.15, -0.1) is 0 Å². The van der Waals surface area contributed by atoms with Crippen molar-refractivity contribution in [2.45, 2.75) is 19.3 Å². The van der Waals surface area contributed by atoms with Crippen LogP contribution in [0.25, 0.3) is 0 Å². The van der Waals surface area contributed by atoms with E-state index in [4.69, 9.17) is 22.7 Å². The summed E-state index contributed by atoms with van der Waals surface area (Å²) in [6.45, 7) is 2.59. The molecular formula is C14H19BrN2OS. The van der Waals surface area contributed by atoms with Crippen molar-refractivity contribution in [2.24, 2.45) is 11.7 Å². The molecule has 3 nitrogen and oxygen atoms in total. The fraction of sp³-hybridized carbons (Fsp3) is 0.500. The van der Waals surface area contributed by atoms with Crippen molar-refractivity contribution in [3.05, 3.63) is 28.2 Å². The van der Waals surface area contributed by atoms with Crippen molar-refractivity contribution in [1.82, 2.24) is 0 Å². The summed E-state index contributed by atoms with van der Waals surface area (Å²) < 4.78 is 6.52. The minimum atomic E-state index is 0.403. The van der Waals surface area contributed by atoms with Crippen LogP contribution in [0.4, 0.5) is 5.69 Å². The normalized spacial score (nSPS) is 14.4. The smallest absolute Gasteiger partial charge is 0.107 e. The molecule has 0 heterocycles. The van der Waals surface area contributed by atoms with E-state index in [0.717, 1.165) is 47.8 Å². The number of rotatable bonds is 8. The third kappa shape index (κ3) is 4.75. The quantitative estimate of drug-likeness (QED) is 0.562. The molecule has 1 aliphatic rings. The highest BCUT2D eigenvalue weighted by molar-refractivity contribution is 9.10. The number of benzene rings is 1. The largest absolute Gasteiger partial charge is 0.389 e. The van der Waals surface area contributed by atoms with E-state index >= 15 is 0 Å². The monoisotopic (exact) mass is 342 g/mol. The fourth-order valence-corrected chi connectivity index (χ4v) is 2.78. The van der Waals surface area contributed by atoms with Crippen molar-refractivity contribution >= 4 is 38.8 Å². The lowest BCUT2D eigenvalue weighted by molar-refractivity contribution is 0.124. The van der Waals surface area contributed by atoms with E-state index in [1.165, 1.54) is 12.8 Å². The molecule has 3 N–H and O–H groups in total. The van der Waals surface area contributed by atoms with Gasteiger partial charge < -0.3 is 15.8 Å². The Bertz CT molecular complexity index is 449. The average Bonchev–Trinajstić information content (AvgIpc) is 3.17. The summed E-state index contributed by atoms with van der Waals surface area (Å²) >= 11 is 8.55. The van der Waals surface area contributed by atoms with E-state index in [1.54, 1.807) is 0 Å². The Morgan fingerprint density at radius 3 is 2.95 bits per heavy atom. The predicted octanol–water partition coefficient (Wildman–Crippen LogP) is 3.31. The van der Waals surface area contributed by atoms with Gasteiger partial charge in [0.1, 0.15) is 4.99 Å². The van der Waals surface area contributed by atoms with Crippen LogP contribution >= 0.6 is 28.1 Å². The topological polar surface area (TPSA) is 47.3 Å². The van der Waals surface area contributed by atoms with E-state index < -0.39 is 0 Å². The predicted molar refractivity (Wildman–Crippen MR) is 86.7 cm³/mol. The number of thiocarbonyl (C=S) groups is 1. The van der Waals surface area contributed by atoms with Gasteiger partial charge in [0.2, 0.25) is 0 Å². The van der Waals surface area contributed by atoms with Crippen LogP contribution < -0.4 is 11.1 Å². The van der Waals surface area contributed by atoms with Crippen LogP contribution in [-0.4, -0.2) is 24.7 Å². The molecule has 19 heavy (non-hydrogen) atoms. The summed E-state index contributed by atoms with van der Waals surface area (Å²) in [6.07, 6.45) is 3.66. The van der Waals surface area contributed by atoms with E-state index in [0.29, 0.717) is 4.99 Å². The van der Waals surface area contributed by atoms with Crippen LogP contribution in [0.1, 0.15) is 24.8 Å². The lowest BCUT2D eigenvalue weighted by atomic mass is 10.1. The summed E-state index contributed by atoms with van der Waals surface area (Å²) in [4.78, 5) is 0.403. The van der Waals surface area contributed by atoms with Gasteiger partial charge in [-0.25, -0.2) is 0 Å². The van der Waals surface area contributed by atoms with Gasteiger partial charge in [-0.3, -0.25) is 0 Å². The highest BCUT2D eigenvalue weighted by Crippen LogP contribution is 2.28. The SMILES string of the molecule is NC(=S)c1c(Br)cccc1NCCCOCC1CC1. The van der Waals surface area contributed by atoms with Gasteiger partial charge in [0.05, 0.1) is 0 Å². The molecule has 0 bridgehead atoms. The fourth-order valence-electron chi connectivity index (χ4n) is 1.85. The molecular weight excluding hydrogens is 324 g/mol. The van der Waals surface area contributed by atoms with Gasteiger partial charge in [0.15, 0.2) is 0 Å². The average molecular weight is 343 g/mol. The summed E-state index contributed by atoms with van der Waals surface area (Å²) in [5, 5.41) is 3.36. The van der Waals surface area contributed by atoms with Crippen LogP contribution in [0.2, 0.25) is 0 Å². The highest BCUT2D eigenvalue weighted by Gasteiger charge is 2.20. The van der Waals surface area contributed by atoms with Crippen LogP contribution in [0.15, 0.2) is 22.7 Å². The minimum absolute atomic E-state index is 0.403. The van der Waals surface area contributed by atoms with Crippen molar-refractivity contribution in [3.63, 3.8) is 0 Å². The van der Waals surface area contributed by atoms with Gasteiger partial charge in [0.25, 0.3) is 0 Å². The number of halogens is 1. The molecule has 0 unspecified atom stereocenters. The first-order chi connectivity index (χ1) is 9.18. The molecule has 1 saturated carbocycles. The Hall–Kier alpha value is -0.650. The summed E-state index contributed by atoms with van der Waals surface area (Å²) in [6, 6.07) is 5.90. The standard InChI is InChI=1S/C14H19BrN2OS/c15-11-3-1-4-12(13(11)14(16)19)17-7-2-8-18-9-10-5-6-10/h1,3-4,10,17H,2,5-9H2,(H2,16,19). The molecule has 0 amide bonds. The van der Waals surface area contributed by atoms with Gasteiger partial charge in [-0.1, -0.05) is 18.3 Å². The summed E-state index contributed by atoms with van der Waals surface area (Å²) in [5.41, 5.74) is 7.59. The highest BCUT2D eigenvalue weighted by atomic mass is 79.9. The van der Waals surface area contributed by atoms with Gasteiger partial charge in [0, 0.05) is 35.5 Å². The molecule has 5 heteroatoms. The maximum absolute atomic E-state index is 5.74. The Morgan fingerprint density at radius 1 is 1.47 bits per heavy atom. The number of hydrogen-bond donors (Lipinski definition) is 2. The Kier molecular flexibility index (Phi) is 5.60. The number of anilines is 1. The first kappa shape index (κ1) is 14.8. The van der Waals surface area contributed by atoms with Gasteiger partial charge in [-0.05, 0) is 53.2 Å². The molecule has 0 spiro atoms. The molecule has 0 radical (unpaired) electrons. The van der Waals surface area contributed by atoms with E-state index in [1.807, 2.05) is 18.2 Å². The number of nitrogens with one attached hydrogen (secondary N) is 1. The van der Waals surface area contributed by atoms with Crippen molar-refractivity contribution in [1.29, 1.82) is 0 Å². The molecule has 2 rings (SSSR count). The lowest BCUT2D eigenvalue weighted by Crippen LogP contribution is -2.15. The number of ether oxygens (including phenoxy) is 1. The number of hydrogen-bond acceptors (Lipinski definition) is 3. The Labute approximate surface area is 128 Å². The molecule has 0 atom stereocenters. The maximum Gasteiger partial charge on any atom is 0.107 e. The molecule has 0 aromatic heterocycles. The second-order valence-corrected chi connectivity index (χ2v) is 6.12. The van der Waals surface area contributed by atoms with Gasteiger partial charge >= 0.3 is 0 Å². The summed E-state index contributed by atoms with van der Waals surface area (Å²) in [7, 11) is 0. The zero-order valence-electron chi connectivity index (χ0n) is 10.8. The molecule has 1 fully saturated rings. The second kappa shape index (κ2) is 7.22. The van der Waals surface area contributed by atoms with Crippen LogP contribution in [0.3, 0.4) is 0 Å². The molecule has 1 aromatic rings. The number of nitrogens with two attached hydrogens (primary N) is 1. The molecule has 1 aromatic carbocycles. The zero-order valence-corrected chi connectivity index (χ0v) is 13.2. The van der Waals surface area contributed by atoms with Crippen LogP contribution in [-0.2, 0) is 4.74 Å². The lowest BCUT2D eigenvalue weighted by Gasteiger charge is -2.12. The van der Waals surface area contributed by atoms with Gasteiger partial charge in [-0.2, -0.15) is 0 Å². The van der Waals surface area contributed by atoms with Crippen molar-refractivity contribution in [2.75, 3.05) is 25.1 Å². The Balaban J connectivity index is 1.75. The minimum Gasteiger partial charge on any atom is -0.389 e. The Morgan fingerprint density at radius 2 is 2.26 bits per heavy atom. The molecule has 1 aliphatic carbocycles. The summed E-state index contributed by atoms with van der Waals surface area (Å²) in [5.74, 6) is 0.833. The molecule has 104 valence electrons. The first-order valence-electron chi connectivity index (χ1n) is 6.58. The van der Waals surface area contributed by atoms with E-state index in [-0.39, 0.29) is 0 Å². The van der Waals surface area contributed by atoms with E-state index in [2.05, 4.69) is 21.2 Å². The maximum atomic E-state index is 5.74. The molecule has 0 aliphatic heterocycles. The second-order valence-electron chi connectivity index (χ2n) is 4.83. The van der Waals surface area contributed by atoms with E-state index in [9.17, 15) is 0 Å².